The largest absolute Gasteiger partial charge is 0.480 e. The highest BCUT2D eigenvalue weighted by Gasteiger charge is 2.18. The highest BCUT2D eigenvalue weighted by atomic mass is 16.4. The van der Waals surface area contributed by atoms with Crippen LogP contribution in [-0.4, -0.2) is 73.3 Å². The molecular weight excluding hydrogens is 470 g/mol. The van der Waals surface area contributed by atoms with Gasteiger partial charge in [-0.05, 0) is 44.6 Å². The van der Waals surface area contributed by atoms with E-state index in [4.69, 9.17) is 5.11 Å². The molecule has 0 aliphatic heterocycles. The van der Waals surface area contributed by atoms with Crippen LogP contribution >= 0.6 is 0 Å². The van der Waals surface area contributed by atoms with Gasteiger partial charge in [-0.25, -0.2) is 0 Å². The first-order valence-corrected chi connectivity index (χ1v) is 11.8. The van der Waals surface area contributed by atoms with Gasteiger partial charge in [0.1, 0.15) is 12.6 Å². The molecule has 6 N–H and O–H groups in total. The van der Waals surface area contributed by atoms with E-state index >= 15 is 0 Å². The normalized spacial score (nSPS) is 11.0. The number of carbonyl (C=O) groups excluding carboxylic acids is 5. The lowest BCUT2D eigenvalue weighted by Gasteiger charge is -2.16. The minimum absolute atomic E-state index is 0.0370. The predicted octanol–water partition coefficient (Wildman–Crippen LogP) is -0.848. The van der Waals surface area contributed by atoms with Crippen LogP contribution in [0.5, 0.6) is 0 Å². The van der Waals surface area contributed by atoms with Crippen molar-refractivity contribution in [2.75, 3.05) is 26.2 Å². The number of rotatable bonds is 18. The van der Waals surface area contributed by atoms with E-state index in [1.807, 2.05) is 19.1 Å². The molecule has 12 heteroatoms. The Morgan fingerprint density at radius 2 is 1.47 bits per heavy atom. The third kappa shape index (κ3) is 14.3. The lowest BCUT2D eigenvalue weighted by molar-refractivity contribution is -0.137. The molecule has 0 bridgehead atoms. The van der Waals surface area contributed by atoms with E-state index in [2.05, 4.69) is 38.7 Å². The molecule has 0 saturated heterocycles. The number of carboxylic acid groups (broad SMARTS) is 1. The molecule has 198 valence electrons. The standard InChI is InChI=1S/C24H35N5O7/c1-17-8-10-18(11-9-17)5-4-7-20(31)25-12-3-2-6-19(29-16-30)24(36)28-14-22(33)26-13-21(32)27-15-23(34)35/h8-11,16,19H,2-7,12-15H2,1H3,(H,25,31)(H,26,33)(H,27,32)(H,28,36)(H,29,30)(H,34,35)/t19-/m0/s1. The fraction of sp³-hybridized carbons (Fsp3) is 0.500. The number of unbranched alkanes of at least 4 members (excludes halogenated alkanes) is 1. The first-order valence-electron chi connectivity index (χ1n) is 11.8. The Morgan fingerprint density at radius 3 is 2.11 bits per heavy atom. The van der Waals surface area contributed by atoms with E-state index in [-0.39, 0.29) is 5.91 Å². The van der Waals surface area contributed by atoms with Crippen molar-refractivity contribution >= 4 is 36.0 Å². The topological polar surface area (TPSA) is 183 Å². The van der Waals surface area contributed by atoms with Crippen molar-refractivity contribution in [2.24, 2.45) is 0 Å². The van der Waals surface area contributed by atoms with Crippen molar-refractivity contribution in [3.8, 4) is 0 Å². The van der Waals surface area contributed by atoms with Crippen molar-refractivity contribution in [2.45, 2.75) is 51.5 Å². The Labute approximate surface area is 210 Å². The second kappa shape index (κ2) is 17.5. The van der Waals surface area contributed by atoms with Crippen LogP contribution in [-0.2, 0) is 35.2 Å². The van der Waals surface area contributed by atoms with Gasteiger partial charge in [0.15, 0.2) is 0 Å². The van der Waals surface area contributed by atoms with Gasteiger partial charge in [0.2, 0.25) is 30.0 Å². The average molecular weight is 506 g/mol. The maximum Gasteiger partial charge on any atom is 0.322 e. The van der Waals surface area contributed by atoms with E-state index in [0.717, 1.165) is 12.8 Å². The molecule has 36 heavy (non-hydrogen) atoms. The molecule has 1 aromatic rings. The Morgan fingerprint density at radius 1 is 0.833 bits per heavy atom. The van der Waals surface area contributed by atoms with Crippen LogP contribution in [0.25, 0.3) is 0 Å². The number of benzene rings is 1. The molecule has 0 unspecified atom stereocenters. The number of aliphatic carboxylic acids is 1. The molecular formula is C24H35N5O7. The third-order valence-corrected chi connectivity index (χ3v) is 5.12. The van der Waals surface area contributed by atoms with Gasteiger partial charge in [-0.3, -0.25) is 28.8 Å². The third-order valence-electron chi connectivity index (χ3n) is 5.12. The molecule has 1 aromatic carbocycles. The molecule has 0 aliphatic rings. The average Bonchev–Trinajstić information content (AvgIpc) is 2.85. The summed E-state index contributed by atoms with van der Waals surface area (Å²) in [6, 6.07) is 7.36. The predicted molar refractivity (Wildman–Crippen MR) is 131 cm³/mol. The Bertz CT molecular complexity index is 889. The number of hydrogen-bond donors (Lipinski definition) is 6. The molecule has 0 spiro atoms. The molecule has 5 amide bonds. The number of amides is 5. The summed E-state index contributed by atoms with van der Waals surface area (Å²) in [4.78, 5) is 68.6. The molecule has 0 heterocycles. The van der Waals surface area contributed by atoms with E-state index in [0.29, 0.717) is 38.6 Å². The molecule has 1 rings (SSSR count). The summed E-state index contributed by atoms with van der Waals surface area (Å²) in [7, 11) is 0. The minimum atomic E-state index is -1.22. The molecule has 0 saturated carbocycles. The summed E-state index contributed by atoms with van der Waals surface area (Å²) < 4.78 is 0. The monoisotopic (exact) mass is 505 g/mol. The van der Waals surface area contributed by atoms with Crippen molar-refractivity contribution in [1.29, 1.82) is 0 Å². The first kappa shape index (κ1) is 30.1. The lowest BCUT2D eigenvalue weighted by Crippen LogP contribution is -2.48. The van der Waals surface area contributed by atoms with Crippen LogP contribution in [0.1, 0.15) is 43.2 Å². The summed E-state index contributed by atoms with van der Waals surface area (Å²) in [5.74, 6) is -3.15. The number of aryl methyl sites for hydroxylation is 2. The van der Waals surface area contributed by atoms with Crippen LogP contribution in [0, 0.1) is 6.92 Å². The smallest absolute Gasteiger partial charge is 0.322 e. The van der Waals surface area contributed by atoms with Gasteiger partial charge in [0, 0.05) is 13.0 Å². The molecule has 1 atom stereocenters. The summed E-state index contributed by atoms with van der Waals surface area (Å²) in [6.07, 6.45) is 3.88. The maximum absolute atomic E-state index is 12.3. The number of hydrogen-bond acceptors (Lipinski definition) is 6. The van der Waals surface area contributed by atoms with Crippen molar-refractivity contribution in [1.82, 2.24) is 26.6 Å². The molecule has 0 radical (unpaired) electrons. The van der Waals surface area contributed by atoms with Crippen LogP contribution in [0.4, 0.5) is 0 Å². The quantitative estimate of drug-likeness (QED) is 0.111. The van der Waals surface area contributed by atoms with Gasteiger partial charge >= 0.3 is 5.97 Å². The minimum Gasteiger partial charge on any atom is -0.480 e. The Hall–Kier alpha value is -3.96. The highest BCUT2D eigenvalue weighted by molar-refractivity contribution is 5.90. The molecule has 0 aromatic heterocycles. The SMILES string of the molecule is Cc1ccc(CCCC(=O)NCCCC[C@H](NC=O)C(=O)NCC(=O)NCC(=O)NCC(=O)O)cc1. The van der Waals surface area contributed by atoms with Crippen molar-refractivity contribution < 1.29 is 33.9 Å². The van der Waals surface area contributed by atoms with E-state index in [9.17, 15) is 28.8 Å². The number of carbonyl (C=O) groups is 6. The second-order valence-corrected chi connectivity index (χ2v) is 8.19. The van der Waals surface area contributed by atoms with Crippen LogP contribution in [0.3, 0.4) is 0 Å². The Balaban J connectivity index is 2.19. The van der Waals surface area contributed by atoms with Gasteiger partial charge in [-0.2, -0.15) is 0 Å². The van der Waals surface area contributed by atoms with Crippen LogP contribution in [0.15, 0.2) is 24.3 Å². The summed E-state index contributed by atoms with van der Waals surface area (Å²) in [5, 5.41) is 20.4. The Kier molecular flexibility index (Phi) is 14.6. The molecule has 12 nitrogen and oxygen atoms in total. The van der Waals surface area contributed by atoms with Gasteiger partial charge in [0.05, 0.1) is 13.1 Å². The van der Waals surface area contributed by atoms with Crippen molar-refractivity contribution in [3.05, 3.63) is 35.4 Å². The zero-order valence-electron chi connectivity index (χ0n) is 20.4. The highest BCUT2D eigenvalue weighted by Crippen LogP contribution is 2.07. The number of nitrogens with one attached hydrogen (secondary N) is 5. The summed E-state index contributed by atoms with van der Waals surface area (Å²) in [6.45, 7) is 1.06. The number of carboxylic acids is 1. The first-order chi connectivity index (χ1) is 17.2. The lowest BCUT2D eigenvalue weighted by atomic mass is 10.1. The molecule has 0 fully saturated rings. The van der Waals surface area contributed by atoms with E-state index in [1.54, 1.807) is 0 Å². The van der Waals surface area contributed by atoms with Gasteiger partial charge in [0.25, 0.3) is 0 Å². The second-order valence-electron chi connectivity index (χ2n) is 8.19. The maximum atomic E-state index is 12.3. The fourth-order valence-electron chi connectivity index (χ4n) is 3.14. The van der Waals surface area contributed by atoms with E-state index in [1.165, 1.54) is 11.1 Å². The van der Waals surface area contributed by atoms with Crippen molar-refractivity contribution in [3.63, 3.8) is 0 Å². The van der Waals surface area contributed by atoms with Gasteiger partial charge < -0.3 is 31.7 Å². The summed E-state index contributed by atoms with van der Waals surface area (Å²) in [5.41, 5.74) is 2.39. The zero-order chi connectivity index (χ0) is 26.8. The fourth-order valence-corrected chi connectivity index (χ4v) is 3.14. The zero-order valence-corrected chi connectivity index (χ0v) is 20.4. The van der Waals surface area contributed by atoms with Crippen LogP contribution in [0.2, 0.25) is 0 Å². The molecule has 0 aliphatic carbocycles. The van der Waals surface area contributed by atoms with E-state index < -0.39 is 49.4 Å². The van der Waals surface area contributed by atoms with Gasteiger partial charge in [-0.1, -0.05) is 29.8 Å². The van der Waals surface area contributed by atoms with Crippen LogP contribution < -0.4 is 26.6 Å². The van der Waals surface area contributed by atoms with Gasteiger partial charge in [-0.15, -0.1) is 0 Å². The summed E-state index contributed by atoms with van der Waals surface area (Å²) >= 11 is 0.